The van der Waals surface area contributed by atoms with Gasteiger partial charge in [0.2, 0.25) is 0 Å². The number of aromatic amines is 1. The quantitative estimate of drug-likeness (QED) is 0.415. The standard InChI is InChI=1S/C22H19N3O3/c26-21-15-18(17-11-5-2-6-12-17)23-20-14-19(24-25(20)21)22(27)28-13-7-10-16-8-3-1-4-9-16/h1-6,8-9,11-12,14-15,24H,7,10,13H2. The molecule has 0 aliphatic rings. The highest BCUT2D eigenvalue weighted by atomic mass is 16.5. The van der Waals surface area contributed by atoms with Gasteiger partial charge in [-0.1, -0.05) is 60.7 Å². The monoisotopic (exact) mass is 373 g/mol. The van der Waals surface area contributed by atoms with E-state index in [2.05, 4.69) is 10.1 Å². The van der Waals surface area contributed by atoms with Crippen LogP contribution < -0.4 is 5.56 Å². The van der Waals surface area contributed by atoms with Crippen molar-refractivity contribution in [2.24, 2.45) is 0 Å². The fourth-order valence-electron chi connectivity index (χ4n) is 3.02. The van der Waals surface area contributed by atoms with Crippen LogP contribution in [0, 0.1) is 0 Å². The summed E-state index contributed by atoms with van der Waals surface area (Å²) >= 11 is 0. The predicted octanol–water partition coefficient (Wildman–Crippen LogP) is 3.48. The number of aryl methyl sites for hydroxylation is 1. The summed E-state index contributed by atoms with van der Waals surface area (Å²) in [6, 6.07) is 22.4. The summed E-state index contributed by atoms with van der Waals surface area (Å²) in [5, 5.41) is 2.77. The third kappa shape index (κ3) is 3.86. The number of H-pyrrole nitrogens is 1. The van der Waals surface area contributed by atoms with Crippen LogP contribution in [0.1, 0.15) is 22.5 Å². The molecule has 0 saturated carbocycles. The van der Waals surface area contributed by atoms with Crippen molar-refractivity contribution in [1.29, 1.82) is 0 Å². The summed E-state index contributed by atoms with van der Waals surface area (Å²) in [6.07, 6.45) is 1.56. The molecule has 0 aliphatic heterocycles. The van der Waals surface area contributed by atoms with Crippen molar-refractivity contribution in [3.05, 3.63) is 94.4 Å². The van der Waals surface area contributed by atoms with Crippen molar-refractivity contribution in [1.82, 2.24) is 14.6 Å². The van der Waals surface area contributed by atoms with Crippen molar-refractivity contribution in [3.8, 4) is 11.3 Å². The molecule has 4 rings (SSSR count). The highest BCUT2D eigenvalue weighted by Crippen LogP contribution is 2.16. The lowest BCUT2D eigenvalue weighted by Gasteiger charge is -2.03. The fourth-order valence-corrected chi connectivity index (χ4v) is 3.02. The molecular formula is C22H19N3O3. The topological polar surface area (TPSA) is 76.5 Å². The molecule has 2 aromatic carbocycles. The van der Waals surface area contributed by atoms with Gasteiger partial charge in [-0.15, -0.1) is 0 Å². The highest BCUT2D eigenvalue weighted by Gasteiger charge is 2.14. The van der Waals surface area contributed by atoms with E-state index < -0.39 is 5.97 Å². The molecule has 28 heavy (non-hydrogen) atoms. The Morgan fingerprint density at radius 2 is 1.71 bits per heavy atom. The Bertz CT molecular complexity index is 1150. The van der Waals surface area contributed by atoms with Gasteiger partial charge in [0.15, 0.2) is 5.65 Å². The number of hydrogen-bond donors (Lipinski definition) is 1. The normalized spacial score (nSPS) is 10.9. The zero-order valence-electron chi connectivity index (χ0n) is 15.2. The van der Waals surface area contributed by atoms with E-state index in [-0.39, 0.29) is 11.3 Å². The molecule has 0 amide bonds. The zero-order valence-corrected chi connectivity index (χ0v) is 15.2. The SMILES string of the molecule is O=C(OCCCc1ccccc1)c1cc2nc(-c3ccccc3)cc(=O)n2[nH]1. The molecule has 0 unspecified atom stereocenters. The van der Waals surface area contributed by atoms with Crippen molar-refractivity contribution < 1.29 is 9.53 Å². The minimum atomic E-state index is -0.501. The Hall–Kier alpha value is -3.67. The van der Waals surface area contributed by atoms with Crippen LogP contribution >= 0.6 is 0 Å². The molecule has 6 heteroatoms. The van der Waals surface area contributed by atoms with Gasteiger partial charge in [-0.25, -0.2) is 14.3 Å². The molecule has 2 aromatic heterocycles. The molecule has 4 aromatic rings. The van der Waals surface area contributed by atoms with Gasteiger partial charge < -0.3 is 4.74 Å². The molecule has 1 N–H and O–H groups in total. The first-order valence-corrected chi connectivity index (χ1v) is 9.10. The average molecular weight is 373 g/mol. The van der Waals surface area contributed by atoms with Gasteiger partial charge in [0.25, 0.3) is 5.56 Å². The first-order chi connectivity index (χ1) is 13.7. The number of ether oxygens (including phenoxy) is 1. The second-order valence-electron chi connectivity index (χ2n) is 6.43. The number of esters is 1. The van der Waals surface area contributed by atoms with E-state index in [1.54, 1.807) is 0 Å². The van der Waals surface area contributed by atoms with Crippen molar-refractivity contribution in [2.75, 3.05) is 6.61 Å². The van der Waals surface area contributed by atoms with E-state index >= 15 is 0 Å². The molecule has 0 fully saturated rings. The second-order valence-corrected chi connectivity index (χ2v) is 6.43. The molecule has 140 valence electrons. The van der Waals surface area contributed by atoms with E-state index in [0.717, 1.165) is 18.4 Å². The van der Waals surface area contributed by atoms with Gasteiger partial charge in [0.05, 0.1) is 12.3 Å². The van der Waals surface area contributed by atoms with Crippen LogP contribution in [0.4, 0.5) is 0 Å². The van der Waals surface area contributed by atoms with Crippen molar-refractivity contribution in [2.45, 2.75) is 12.8 Å². The van der Waals surface area contributed by atoms with Crippen LogP contribution in [-0.2, 0) is 11.2 Å². The second kappa shape index (κ2) is 7.92. The smallest absolute Gasteiger partial charge is 0.356 e. The highest BCUT2D eigenvalue weighted by molar-refractivity contribution is 5.88. The van der Waals surface area contributed by atoms with E-state index in [4.69, 9.17) is 4.74 Å². The predicted molar refractivity (Wildman–Crippen MR) is 106 cm³/mol. The molecule has 0 radical (unpaired) electrons. The minimum Gasteiger partial charge on any atom is -0.461 e. The van der Waals surface area contributed by atoms with Gasteiger partial charge in [-0.3, -0.25) is 9.89 Å². The summed E-state index contributed by atoms with van der Waals surface area (Å²) in [5.41, 5.74) is 2.90. The largest absolute Gasteiger partial charge is 0.461 e. The summed E-state index contributed by atoms with van der Waals surface area (Å²) in [5.74, 6) is -0.501. The van der Waals surface area contributed by atoms with E-state index in [1.807, 2.05) is 60.7 Å². The summed E-state index contributed by atoms with van der Waals surface area (Å²) in [4.78, 5) is 29.1. The van der Waals surface area contributed by atoms with Crippen LogP contribution in [0.3, 0.4) is 0 Å². The zero-order chi connectivity index (χ0) is 19.3. The van der Waals surface area contributed by atoms with E-state index in [9.17, 15) is 9.59 Å². The molecular weight excluding hydrogens is 354 g/mol. The summed E-state index contributed by atoms with van der Waals surface area (Å²) in [7, 11) is 0. The van der Waals surface area contributed by atoms with Crippen LogP contribution in [0.25, 0.3) is 16.9 Å². The Morgan fingerprint density at radius 1 is 1.00 bits per heavy atom. The maximum absolute atomic E-state index is 12.4. The molecule has 6 nitrogen and oxygen atoms in total. The number of hydrogen-bond acceptors (Lipinski definition) is 4. The van der Waals surface area contributed by atoms with Crippen molar-refractivity contribution in [3.63, 3.8) is 0 Å². The van der Waals surface area contributed by atoms with Gasteiger partial charge in [-0.2, -0.15) is 0 Å². The first-order valence-electron chi connectivity index (χ1n) is 9.10. The number of rotatable bonds is 6. The minimum absolute atomic E-state index is 0.203. The third-order valence-corrected chi connectivity index (χ3v) is 4.43. The molecule has 0 aliphatic carbocycles. The Balaban J connectivity index is 1.46. The number of carbonyl (C=O) groups excluding carboxylic acids is 1. The van der Waals surface area contributed by atoms with Crippen LogP contribution in [0.2, 0.25) is 0 Å². The number of carbonyl (C=O) groups is 1. The van der Waals surface area contributed by atoms with Gasteiger partial charge in [0.1, 0.15) is 5.69 Å². The Kier molecular flexibility index (Phi) is 5.01. The molecule has 0 atom stereocenters. The number of benzene rings is 2. The average Bonchev–Trinajstić information content (AvgIpc) is 3.17. The fraction of sp³-hybridized carbons (Fsp3) is 0.136. The summed E-state index contributed by atoms with van der Waals surface area (Å²) < 4.78 is 6.56. The van der Waals surface area contributed by atoms with Gasteiger partial charge in [0, 0.05) is 17.7 Å². The maximum Gasteiger partial charge on any atom is 0.356 e. The number of nitrogens with one attached hydrogen (secondary N) is 1. The molecule has 2 heterocycles. The van der Waals surface area contributed by atoms with E-state index in [0.29, 0.717) is 17.9 Å². The lowest BCUT2D eigenvalue weighted by Crippen LogP contribution is -2.15. The number of fused-ring (bicyclic) bond motifs is 1. The lowest BCUT2D eigenvalue weighted by atomic mass is 10.1. The Morgan fingerprint density at radius 3 is 2.46 bits per heavy atom. The Labute approximate surface area is 161 Å². The molecule has 0 saturated heterocycles. The summed E-state index contributed by atoms with van der Waals surface area (Å²) in [6.45, 7) is 0.306. The van der Waals surface area contributed by atoms with Gasteiger partial charge in [-0.05, 0) is 18.4 Å². The number of aromatic nitrogens is 3. The van der Waals surface area contributed by atoms with Crippen LogP contribution in [0.15, 0.2) is 77.6 Å². The van der Waals surface area contributed by atoms with Crippen LogP contribution in [-0.4, -0.2) is 27.2 Å². The third-order valence-electron chi connectivity index (χ3n) is 4.43. The van der Waals surface area contributed by atoms with Gasteiger partial charge >= 0.3 is 5.97 Å². The maximum atomic E-state index is 12.4. The number of nitrogens with zero attached hydrogens (tertiary/aromatic N) is 2. The van der Waals surface area contributed by atoms with Crippen molar-refractivity contribution >= 4 is 11.6 Å². The van der Waals surface area contributed by atoms with Crippen LogP contribution in [0.5, 0.6) is 0 Å². The molecule has 0 bridgehead atoms. The lowest BCUT2D eigenvalue weighted by molar-refractivity contribution is 0.0493. The van der Waals surface area contributed by atoms with E-state index in [1.165, 1.54) is 22.2 Å². The molecule has 0 spiro atoms. The first kappa shape index (κ1) is 17.7.